The molecule has 0 fully saturated rings. The Labute approximate surface area is 160 Å². The Morgan fingerprint density at radius 2 is 1.93 bits per heavy atom. The maximum absolute atomic E-state index is 13.1. The van der Waals surface area contributed by atoms with E-state index in [1.165, 1.54) is 0 Å². The Hall–Kier alpha value is -2.76. The smallest absolute Gasteiger partial charge is 0.276 e. The third kappa shape index (κ3) is 3.70. The predicted molar refractivity (Wildman–Crippen MR) is 107 cm³/mol. The fourth-order valence-electron chi connectivity index (χ4n) is 3.39. The number of amides is 1. The first-order valence-electron chi connectivity index (χ1n) is 9.66. The quantitative estimate of drug-likeness (QED) is 0.634. The van der Waals surface area contributed by atoms with Gasteiger partial charge in [-0.3, -0.25) is 9.78 Å². The molecule has 0 atom stereocenters. The van der Waals surface area contributed by atoms with Crippen LogP contribution in [0.1, 0.15) is 49.8 Å². The van der Waals surface area contributed by atoms with Crippen LogP contribution in [0, 0.1) is 12.8 Å². The first-order valence-corrected chi connectivity index (χ1v) is 9.66. The van der Waals surface area contributed by atoms with Crippen LogP contribution in [0.5, 0.6) is 0 Å². The molecule has 0 saturated heterocycles. The van der Waals surface area contributed by atoms with E-state index in [2.05, 4.69) is 29.1 Å². The molecular weight excluding hydrogens is 338 g/mol. The minimum atomic E-state index is -0.0495. The van der Waals surface area contributed by atoms with E-state index in [-0.39, 0.29) is 5.91 Å². The van der Waals surface area contributed by atoms with E-state index in [9.17, 15) is 4.79 Å². The number of nitrogens with zero attached hydrogens (tertiary/aromatic N) is 5. The van der Waals surface area contributed by atoms with Crippen LogP contribution in [-0.2, 0) is 0 Å². The molecule has 3 aromatic rings. The SMILES string of the molecule is CCC(CC)CN(CC)C(=O)c1nnn(-c2cccc3ncccc23)c1C. The number of aromatic nitrogens is 4. The molecule has 6 nitrogen and oxygen atoms in total. The zero-order chi connectivity index (χ0) is 19.4. The molecule has 2 heterocycles. The molecule has 0 N–H and O–H groups in total. The highest BCUT2D eigenvalue weighted by Gasteiger charge is 2.24. The summed E-state index contributed by atoms with van der Waals surface area (Å²) in [5.41, 5.74) is 2.94. The normalized spacial score (nSPS) is 11.3. The lowest BCUT2D eigenvalue weighted by Crippen LogP contribution is -2.35. The molecule has 0 aliphatic heterocycles. The van der Waals surface area contributed by atoms with Gasteiger partial charge in [0, 0.05) is 24.7 Å². The maximum Gasteiger partial charge on any atom is 0.276 e. The van der Waals surface area contributed by atoms with Crippen molar-refractivity contribution in [2.75, 3.05) is 13.1 Å². The van der Waals surface area contributed by atoms with Gasteiger partial charge in [-0.25, -0.2) is 4.68 Å². The fourth-order valence-corrected chi connectivity index (χ4v) is 3.39. The van der Waals surface area contributed by atoms with E-state index in [1.807, 2.05) is 49.1 Å². The van der Waals surface area contributed by atoms with Gasteiger partial charge in [0.25, 0.3) is 5.91 Å². The lowest BCUT2D eigenvalue weighted by atomic mass is 10.0. The van der Waals surface area contributed by atoms with Crippen molar-refractivity contribution in [3.8, 4) is 5.69 Å². The van der Waals surface area contributed by atoms with Crippen LogP contribution in [0.2, 0.25) is 0 Å². The molecule has 1 aromatic carbocycles. The average molecular weight is 365 g/mol. The topological polar surface area (TPSA) is 63.9 Å². The van der Waals surface area contributed by atoms with Crippen LogP contribution < -0.4 is 0 Å². The van der Waals surface area contributed by atoms with Crippen LogP contribution in [-0.4, -0.2) is 43.9 Å². The maximum atomic E-state index is 13.1. The Kier molecular flexibility index (Phi) is 5.84. The van der Waals surface area contributed by atoms with Crippen molar-refractivity contribution in [1.82, 2.24) is 24.9 Å². The van der Waals surface area contributed by atoms with Crippen molar-refractivity contribution in [3.63, 3.8) is 0 Å². The standard InChI is InChI=1S/C21H27N5O/c1-5-16(6-2)14-25(7-3)21(27)20-15(4)26(24-23-20)19-12-8-11-18-17(19)10-9-13-22-18/h8-13,16H,5-7,14H2,1-4H3. The molecule has 1 amide bonds. The number of benzene rings is 1. The number of hydrogen-bond acceptors (Lipinski definition) is 4. The fraction of sp³-hybridized carbons (Fsp3) is 0.429. The lowest BCUT2D eigenvalue weighted by Gasteiger charge is -2.24. The zero-order valence-electron chi connectivity index (χ0n) is 16.5. The van der Waals surface area contributed by atoms with E-state index in [0.717, 1.165) is 41.7 Å². The van der Waals surface area contributed by atoms with Gasteiger partial charge in [0.15, 0.2) is 5.69 Å². The molecule has 2 aromatic heterocycles. The molecular formula is C21H27N5O. The van der Waals surface area contributed by atoms with Gasteiger partial charge in [-0.05, 0) is 44.0 Å². The number of fused-ring (bicyclic) bond motifs is 1. The third-order valence-electron chi connectivity index (χ3n) is 5.25. The second kappa shape index (κ2) is 8.29. The number of carbonyl (C=O) groups excluding carboxylic acids is 1. The summed E-state index contributed by atoms with van der Waals surface area (Å²) < 4.78 is 1.74. The second-order valence-corrected chi connectivity index (χ2v) is 6.81. The first-order chi connectivity index (χ1) is 13.1. The number of hydrogen-bond donors (Lipinski definition) is 0. The van der Waals surface area contributed by atoms with Gasteiger partial charge in [0.1, 0.15) is 0 Å². The summed E-state index contributed by atoms with van der Waals surface area (Å²) in [6, 6.07) is 9.79. The number of rotatable bonds is 7. The van der Waals surface area contributed by atoms with Crippen LogP contribution >= 0.6 is 0 Å². The van der Waals surface area contributed by atoms with Crippen LogP contribution in [0.4, 0.5) is 0 Å². The summed E-state index contributed by atoms with van der Waals surface area (Å²) in [6.45, 7) is 9.67. The number of carbonyl (C=O) groups is 1. The van der Waals surface area contributed by atoms with Gasteiger partial charge in [-0.1, -0.05) is 38.0 Å². The second-order valence-electron chi connectivity index (χ2n) is 6.81. The van der Waals surface area contributed by atoms with Gasteiger partial charge in [-0.2, -0.15) is 0 Å². The molecule has 0 bridgehead atoms. The molecule has 0 unspecified atom stereocenters. The first kappa shape index (κ1) is 19.0. The Balaban J connectivity index is 1.96. The van der Waals surface area contributed by atoms with Gasteiger partial charge in [-0.15, -0.1) is 5.10 Å². The van der Waals surface area contributed by atoms with Crippen molar-refractivity contribution < 1.29 is 4.79 Å². The van der Waals surface area contributed by atoms with Crippen molar-refractivity contribution in [3.05, 3.63) is 47.9 Å². The molecule has 142 valence electrons. The van der Waals surface area contributed by atoms with Crippen molar-refractivity contribution in [1.29, 1.82) is 0 Å². The molecule has 6 heteroatoms. The van der Waals surface area contributed by atoms with E-state index < -0.39 is 0 Å². The lowest BCUT2D eigenvalue weighted by molar-refractivity contribution is 0.0728. The summed E-state index contributed by atoms with van der Waals surface area (Å²) in [4.78, 5) is 19.3. The van der Waals surface area contributed by atoms with Gasteiger partial charge in [0.2, 0.25) is 0 Å². The Morgan fingerprint density at radius 3 is 2.63 bits per heavy atom. The minimum Gasteiger partial charge on any atom is -0.337 e. The summed E-state index contributed by atoms with van der Waals surface area (Å²) >= 11 is 0. The van der Waals surface area contributed by atoms with E-state index in [4.69, 9.17) is 0 Å². The van der Waals surface area contributed by atoms with E-state index in [0.29, 0.717) is 18.2 Å². The summed E-state index contributed by atoms with van der Waals surface area (Å²) in [7, 11) is 0. The molecule has 0 saturated carbocycles. The highest BCUT2D eigenvalue weighted by Crippen LogP contribution is 2.22. The van der Waals surface area contributed by atoms with Crippen LogP contribution in [0.15, 0.2) is 36.5 Å². The van der Waals surface area contributed by atoms with Crippen molar-refractivity contribution >= 4 is 16.8 Å². The predicted octanol–water partition coefficient (Wildman–Crippen LogP) is 4.02. The summed E-state index contributed by atoms with van der Waals surface area (Å²) in [6.07, 6.45) is 3.90. The van der Waals surface area contributed by atoms with Crippen molar-refractivity contribution in [2.24, 2.45) is 5.92 Å². The van der Waals surface area contributed by atoms with Crippen molar-refractivity contribution in [2.45, 2.75) is 40.5 Å². The molecule has 0 spiro atoms. The Morgan fingerprint density at radius 1 is 1.15 bits per heavy atom. The summed E-state index contributed by atoms with van der Waals surface area (Å²) in [5, 5.41) is 9.50. The van der Waals surface area contributed by atoms with E-state index >= 15 is 0 Å². The zero-order valence-corrected chi connectivity index (χ0v) is 16.5. The van der Waals surface area contributed by atoms with Gasteiger partial charge in [0.05, 0.1) is 16.9 Å². The molecule has 3 rings (SSSR count). The highest BCUT2D eigenvalue weighted by atomic mass is 16.2. The van der Waals surface area contributed by atoms with Crippen LogP contribution in [0.25, 0.3) is 16.6 Å². The average Bonchev–Trinajstić information content (AvgIpc) is 3.09. The van der Waals surface area contributed by atoms with E-state index in [1.54, 1.807) is 10.9 Å². The molecule has 0 radical (unpaired) electrons. The minimum absolute atomic E-state index is 0.0495. The number of pyridine rings is 1. The monoisotopic (exact) mass is 365 g/mol. The summed E-state index contributed by atoms with van der Waals surface area (Å²) in [5.74, 6) is 0.458. The molecule has 0 aliphatic carbocycles. The Bertz CT molecular complexity index is 924. The highest BCUT2D eigenvalue weighted by molar-refractivity contribution is 5.94. The largest absolute Gasteiger partial charge is 0.337 e. The van der Waals surface area contributed by atoms with Gasteiger partial charge >= 0.3 is 0 Å². The molecule has 27 heavy (non-hydrogen) atoms. The third-order valence-corrected chi connectivity index (χ3v) is 5.25. The molecule has 0 aliphatic rings. The van der Waals surface area contributed by atoms with Crippen LogP contribution in [0.3, 0.4) is 0 Å². The van der Waals surface area contributed by atoms with Gasteiger partial charge < -0.3 is 4.90 Å².